The molecule has 156 valence electrons. The van der Waals surface area contributed by atoms with Gasteiger partial charge >= 0.3 is 0 Å². The van der Waals surface area contributed by atoms with E-state index in [9.17, 15) is 39.6 Å². The van der Waals surface area contributed by atoms with Crippen molar-refractivity contribution >= 4 is 47.4 Å². The fourth-order valence-corrected chi connectivity index (χ4v) is 1.31. The third-order valence-corrected chi connectivity index (χ3v) is 3.14. The van der Waals surface area contributed by atoms with E-state index in [4.69, 9.17) is 0 Å². The van der Waals surface area contributed by atoms with Gasteiger partial charge < -0.3 is 62.5 Å². The maximum Gasteiger partial charge on any atom is 0.124 e. The van der Waals surface area contributed by atoms with Crippen LogP contribution in [0.2, 0.25) is 0 Å². The molecular formula is C12H28N4O8S2. The highest BCUT2D eigenvalue weighted by Crippen LogP contribution is 1.95. The van der Waals surface area contributed by atoms with Gasteiger partial charge in [-0.3, -0.25) is 0 Å². The van der Waals surface area contributed by atoms with Crippen LogP contribution in [0.5, 0.6) is 0 Å². The molecule has 0 atom stereocenters. The molecule has 0 aliphatic rings. The molecule has 0 fully saturated rings. The molecular weight excluding hydrogens is 392 g/mol. The van der Waals surface area contributed by atoms with Crippen LogP contribution in [0, 0.1) is 0 Å². The highest BCUT2D eigenvalue weighted by molar-refractivity contribution is 8.00. The normalized spacial score (nSPS) is 8.46. The number of rotatable bonds is 10. The van der Waals surface area contributed by atoms with Gasteiger partial charge in [-0.25, -0.2) is 0 Å². The molecule has 0 aromatic heterocycles. The van der Waals surface area contributed by atoms with Crippen LogP contribution in [0.3, 0.4) is 0 Å². The highest BCUT2D eigenvalue weighted by Gasteiger charge is 1.88. The Morgan fingerprint density at radius 2 is 0.654 bits per heavy atom. The van der Waals surface area contributed by atoms with Gasteiger partial charge in [-0.2, -0.15) is 0 Å². The fourth-order valence-electron chi connectivity index (χ4n) is 0.435. The summed E-state index contributed by atoms with van der Waals surface area (Å²) in [5.74, 6) is -6.24. The molecule has 0 radical (unpaired) electrons. The number of carbonyl (C=O) groups is 4. The van der Waals surface area contributed by atoms with Crippen LogP contribution < -0.4 is 43.4 Å². The van der Waals surface area contributed by atoms with Gasteiger partial charge in [-0.1, -0.05) is 0 Å². The summed E-state index contributed by atoms with van der Waals surface area (Å²) in [6.07, 6.45) is 0. The summed E-state index contributed by atoms with van der Waals surface area (Å²) in [5.41, 5.74) is 14.2. The fraction of sp³-hybridized carbons (Fsp3) is 0.667. The highest BCUT2D eigenvalue weighted by atomic mass is 32.2. The first-order chi connectivity index (χ1) is 12.1. The van der Waals surface area contributed by atoms with Gasteiger partial charge in [-0.15, -0.1) is 23.5 Å². The molecule has 0 saturated heterocycles. The number of thioether (sulfide) groups is 2. The van der Waals surface area contributed by atoms with Crippen LogP contribution >= 0.6 is 23.5 Å². The van der Waals surface area contributed by atoms with Gasteiger partial charge in [-0.05, 0) is 0 Å². The number of carboxylic acid groups (broad SMARTS) is 4. The zero-order valence-corrected chi connectivity index (χ0v) is 16.2. The molecule has 0 spiro atoms. The minimum atomic E-state index is -1.26. The quantitative estimate of drug-likeness (QED) is 0.259. The third-order valence-electron chi connectivity index (χ3n) is 1.38. The predicted octanol–water partition coefficient (Wildman–Crippen LogP) is -10.6. The maximum absolute atomic E-state index is 9.64. The number of carbonyl (C=O) groups excluding carboxylic acids is 4. The van der Waals surface area contributed by atoms with Crippen molar-refractivity contribution in [1.29, 1.82) is 0 Å². The molecule has 0 aromatic rings. The average Bonchev–Trinajstić information content (AvgIpc) is 2.54. The second-order valence-corrected chi connectivity index (χ2v) is 5.86. The van der Waals surface area contributed by atoms with E-state index in [1.54, 1.807) is 0 Å². The van der Waals surface area contributed by atoms with E-state index in [-0.39, 0.29) is 23.0 Å². The first-order valence-electron chi connectivity index (χ1n) is 7.20. The molecule has 0 heterocycles. The van der Waals surface area contributed by atoms with E-state index in [1.807, 2.05) is 0 Å². The van der Waals surface area contributed by atoms with Crippen LogP contribution in [0.4, 0.5) is 0 Å². The van der Waals surface area contributed by atoms with E-state index in [2.05, 4.69) is 22.9 Å². The Bertz CT molecular complexity index is 309. The Kier molecular flexibility index (Phi) is 34.9. The van der Waals surface area contributed by atoms with Gasteiger partial charge in [0.15, 0.2) is 0 Å². The molecule has 0 amide bonds. The Labute approximate surface area is 159 Å². The van der Waals surface area contributed by atoms with Crippen molar-refractivity contribution in [3.63, 3.8) is 0 Å². The summed E-state index contributed by atoms with van der Waals surface area (Å²) in [6, 6.07) is 0. The van der Waals surface area contributed by atoms with Gasteiger partial charge in [0.2, 0.25) is 0 Å². The van der Waals surface area contributed by atoms with Crippen LogP contribution in [0.15, 0.2) is 0 Å². The molecule has 14 heteroatoms. The summed E-state index contributed by atoms with van der Waals surface area (Å²) in [5, 5.41) is 38.5. The zero-order valence-electron chi connectivity index (χ0n) is 14.6. The number of hydrogen-bond donors (Lipinski definition) is 4. The summed E-state index contributed by atoms with van der Waals surface area (Å²) in [4.78, 5) is 38.5. The van der Waals surface area contributed by atoms with Crippen molar-refractivity contribution in [2.24, 2.45) is 0 Å². The van der Waals surface area contributed by atoms with Gasteiger partial charge in [0.25, 0.3) is 0 Å². The van der Waals surface area contributed by atoms with E-state index < -0.39 is 23.9 Å². The number of hydrogen-bond acceptors (Lipinski definition) is 10. The Morgan fingerprint density at radius 1 is 0.500 bits per heavy atom. The van der Waals surface area contributed by atoms with Crippen LogP contribution in [0.25, 0.3) is 0 Å². The zero-order chi connectivity index (χ0) is 21.4. The van der Waals surface area contributed by atoms with Gasteiger partial charge in [0.1, 0.15) is 26.2 Å². The van der Waals surface area contributed by atoms with Crippen LogP contribution in [0.1, 0.15) is 0 Å². The lowest BCUT2D eigenvalue weighted by molar-refractivity contribution is -0.453. The largest absolute Gasteiger partial charge is 0.549 e. The first-order valence-corrected chi connectivity index (χ1v) is 9.51. The monoisotopic (exact) mass is 420 g/mol. The second kappa shape index (κ2) is 28.2. The van der Waals surface area contributed by atoms with Crippen molar-refractivity contribution in [3.05, 3.63) is 0 Å². The summed E-state index contributed by atoms with van der Waals surface area (Å²) in [6.45, 7) is 3.83. The lowest BCUT2D eigenvalue weighted by atomic mass is 10.7. The van der Waals surface area contributed by atoms with Crippen molar-refractivity contribution < 1.29 is 62.5 Å². The molecule has 0 aromatic carbocycles. The maximum atomic E-state index is 9.64. The average molecular weight is 421 g/mol. The van der Waals surface area contributed by atoms with E-state index >= 15 is 0 Å². The number of aliphatic carboxylic acids is 4. The lowest BCUT2D eigenvalue weighted by Crippen LogP contribution is -2.64. The summed E-state index contributed by atoms with van der Waals surface area (Å²) < 4.78 is 0. The van der Waals surface area contributed by atoms with Crippen molar-refractivity contribution in [2.45, 2.75) is 0 Å². The minimum Gasteiger partial charge on any atom is -0.549 e. The number of quaternary nitrogens is 4. The lowest BCUT2D eigenvalue weighted by Gasteiger charge is -2.01. The topological polar surface area (TPSA) is 271 Å². The van der Waals surface area contributed by atoms with Crippen LogP contribution in [-0.4, -0.2) is 73.1 Å². The van der Waals surface area contributed by atoms with Crippen LogP contribution in [-0.2, 0) is 19.2 Å². The molecule has 12 N–H and O–H groups in total. The molecule has 0 bridgehead atoms. The van der Waals surface area contributed by atoms with Gasteiger partial charge in [0.05, 0.1) is 23.9 Å². The molecule has 12 nitrogen and oxygen atoms in total. The van der Waals surface area contributed by atoms with E-state index in [1.165, 1.54) is 0 Å². The molecule has 0 unspecified atom stereocenters. The SMILES string of the molecule is O=C([O-])CSCC(=O)[O-].O=C([O-])CSCC(=O)[O-].[NH3+]CC[NH3+].[NH3+]CC[NH3+]. The van der Waals surface area contributed by atoms with Crippen molar-refractivity contribution in [1.82, 2.24) is 0 Å². The van der Waals surface area contributed by atoms with E-state index in [0.717, 1.165) is 49.7 Å². The Morgan fingerprint density at radius 3 is 0.731 bits per heavy atom. The molecule has 0 aliphatic heterocycles. The summed E-state index contributed by atoms with van der Waals surface area (Å²) >= 11 is 1.49. The number of carboxylic acids is 4. The Hall–Kier alpha value is -1.58. The van der Waals surface area contributed by atoms with Crippen molar-refractivity contribution in [2.75, 3.05) is 49.2 Å². The first kappa shape index (κ1) is 32.1. The molecule has 0 rings (SSSR count). The summed E-state index contributed by atoms with van der Waals surface area (Å²) in [7, 11) is 0. The Balaban J connectivity index is -0.000000134. The molecule has 0 aliphatic carbocycles. The second-order valence-electron chi connectivity index (χ2n) is 3.89. The van der Waals surface area contributed by atoms with Crippen molar-refractivity contribution in [3.8, 4) is 0 Å². The predicted molar refractivity (Wildman–Crippen MR) is 85.7 cm³/mol. The molecule has 0 saturated carbocycles. The smallest absolute Gasteiger partial charge is 0.124 e. The third kappa shape index (κ3) is 66.7. The van der Waals surface area contributed by atoms with Gasteiger partial charge in [0, 0.05) is 23.0 Å². The standard InChI is InChI=1S/2C4H6O4S.2C2H8N2/c2*5-3(6)1-9-2-4(7)8;2*3-1-2-4/h2*1-2H2,(H,5,6)(H,7,8);2*1-4H2. The minimum absolute atomic E-state index is 0.298. The molecule has 26 heavy (non-hydrogen) atoms. The van der Waals surface area contributed by atoms with E-state index in [0.29, 0.717) is 0 Å².